The average molecular weight is 386 g/mol. The number of halogens is 2. The Labute approximate surface area is 163 Å². The number of urea groups is 1. The van der Waals surface area contributed by atoms with Crippen molar-refractivity contribution in [3.05, 3.63) is 53.2 Å². The van der Waals surface area contributed by atoms with E-state index in [1.807, 2.05) is 13.0 Å². The minimum atomic E-state index is -0.394. The molecule has 2 aliphatic carbocycles. The molecule has 1 heterocycles. The van der Waals surface area contributed by atoms with Crippen molar-refractivity contribution in [2.45, 2.75) is 38.6 Å². The summed E-state index contributed by atoms with van der Waals surface area (Å²) in [5.74, 6) is -0.558. The number of nitrogens with one attached hydrogen (secondary N) is 2. The van der Waals surface area contributed by atoms with E-state index < -0.39 is 5.82 Å². The molecule has 0 spiro atoms. The lowest BCUT2D eigenvalue weighted by atomic mass is 9.95. The molecule has 2 aromatic rings. The Hall–Kier alpha value is -2.70. The zero-order valence-electron chi connectivity index (χ0n) is 16.2. The summed E-state index contributed by atoms with van der Waals surface area (Å²) in [5, 5.41) is 5.61. The lowest BCUT2D eigenvalue weighted by molar-refractivity contribution is 0.250. The van der Waals surface area contributed by atoms with Gasteiger partial charge in [0.2, 0.25) is 0 Å². The van der Waals surface area contributed by atoms with Crippen molar-refractivity contribution in [1.29, 1.82) is 0 Å². The molecule has 4 atom stereocenters. The van der Waals surface area contributed by atoms with Crippen LogP contribution < -0.4 is 15.5 Å². The fourth-order valence-electron chi connectivity index (χ4n) is 4.63. The van der Waals surface area contributed by atoms with Gasteiger partial charge in [0, 0.05) is 25.0 Å². The van der Waals surface area contributed by atoms with Crippen molar-refractivity contribution < 1.29 is 13.6 Å². The molecule has 1 fully saturated rings. The van der Waals surface area contributed by atoms with Gasteiger partial charge in [0.05, 0.1) is 11.9 Å². The smallest absolute Gasteiger partial charge is 0.320 e. The van der Waals surface area contributed by atoms with Crippen LogP contribution in [0.2, 0.25) is 0 Å². The lowest BCUT2D eigenvalue weighted by Crippen LogP contribution is -2.33. The monoisotopic (exact) mass is 386 g/mol. The molecule has 1 aromatic carbocycles. The second kappa shape index (κ2) is 7.04. The number of fused-ring (bicyclic) bond motifs is 3. The number of nitrogens with zero attached hydrogens (tertiary/aromatic N) is 2. The van der Waals surface area contributed by atoms with E-state index >= 15 is 0 Å². The topological polar surface area (TPSA) is 57.3 Å². The first-order valence-electron chi connectivity index (χ1n) is 9.72. The minimum absolute atomic E-state index is 0.0325. The molecular weight excluding hydrogens is 362 g/mol. The van der Waals surface area contributed by atoms with Crippen LogP contribution in [-0.4, -0.2) is 30.1 Å². The lowest BCUT2D eigenvalue weighted by Gasteiger charge is -2.20. The number of aromatic nitrogens is 1. The number of pyridine rings is 1. The third-order valence-electron chi connectivity index (χ3n) is 6.04. The van der Waals surface area contributed by atoms with E-state index in [9.17, 15) is 13.6 Å². The molecule has 148 valence electrons. The van der Waals surface area contributed by atoms with Crippen molar-refractivity contribution >= 4 is 17.5 Å². The van der Waals surface area contributed by atoms with E-state index in [0.717, 1.165) is 18.8 Å². The predicted molar refractivity (Wildman–Crippen MR) is 105 cm³/mol. The fraction of sp³-hybridized carbons (Fsp3) is 0.429. The number of benzene rings is 1. The summed E-state index contributed by atoms with van der Waals surface area (Å²) in [6.07, 6.45) is 1.73. The molecule has 2 N–H and O–H groups in total. The van der Waals surface area contributed by atoms with E-state index in [2.05, 4.69) is 34.4 Å². The third-order valence-corrected chi connectivity index (χ3v) is 6.04. The number of hydrogen-bond donors (Lipinski definition) is 2. The van der Waals surface area contributed by atoms with Crippen molar-refractivity contribution in [3.8, 4) is 0 Å². The van der Waals surface area contributed by atoms with Gasteiger partial charge in [-0.05, 0) is 61.1 Å². The van der Waals surface area contributed by atoms with Gasteiger partial charge in [-0.3, -0.25) is 5.32 Å². The van der Waals surface area contributed by atoms with Gasteiger partial charge in [0.15, 0.2) is 0 Å². The molecule has 2 aliphatic rings. The molecular formula is C21H24F2N4O. The molecule has 5 nitrogen and oxygen atoms in total. The Bertz CT molecular complexity index is 898. The van der Waals surface area contributed by atoms with E-state index in [1.165, 1.54) is 12.1 Å². The SMILES string of the molecule is CCN(CC)c1ccc(NC(=O)N[C@H]2[C@H]3c4c(F)ccc(F)c4[C@H](C)[C@H]23)nc1. The summed E-state index contributed by atoms with van der Waals surface area (Å²) in [5.41, 5.74) is 1.88. The number of anilines is 2. The first-order valence-corrected chi connectivity index (χ1v) is 9.72. The van der Waals surface area contributed by atoms with Gasteiger partial charge in [-0.15, -0.1) is 0 Å². The van der Waals surface area contributed by atoms with Crippen LogP contribution in [0, 0.1) is 17.6 Å². The van der Waals surface area contributed by atoms with Crippen molar-refractivity contribution in [3.63, 3.8) is 0 Å². The molecule has 0 radical (unpaired) electrons. The highest BCUT2D eigenvalue weighted by atomic mass is 19.1. The quantitative estimate of drug-likeness (QED) is 0.809. The largest absolute Gasteiger partial charge is 0.371 e. The van der Waals surface area contributed by atoms with Crippen molar-refractivity contribution in [2.24, 2.45) is 5.92 Å². The highest BCUT2D eigenvalue weighted by Gasteiger charge is 2.62. The average Bonchev–Trinajstić information content (AvgIpc) is 3.27. The standard InChI is InChI=1S/C21H24F2N4O/c1-4-27(5-2)12-6-9-15(24-10-12)25-21(28)26-20-17-11(3)16-13(22)7-8-14(23)18(16)19(17)20/h6-11,17,19-20H,4-5H2,1-3H3,(H2,24,25,26,28)/t11-,17-,19+,20+/m0/s1. The van der Waals surface area contributed by atoms with Crippen molar-refractivity contribution in [1.82, 2.24) is 10.3 Å². The van der Waals surface area contributed by atoms with Crippen LogP contribution in [-0.2, 0) is 0 Å². The summed E-state index contributed by atoms with van der Waals surface area (Å²) in [6.45, 7) is 7.80. The zero-order valence-corrected chi connectivity index (χ0v) is 16.2. The van der Waals surface area contributed by atoms with Gasteiger partial charge < -0.3 is 10.2 Å². The molecule has 0 unspecified atom stereocenters. The van der Waals surface area contributed by atoms with Gasteiger partial charge in [-0.1, -0.05) is 6.92 Å². The van der Waals surface area contributed by atoms with Crippen LogP contribution in [0.15, 0.2) is 30.5 Å². The number of rotatable bonds is 5. The predicted octanol–water partition coefficient (Wildman–Crippen LogP) is 4.23. The highest BCUT2D eigenvalue weighted by molar-refractivity contribution is 5.89. The summed E-state index contributed by atoms with van der Waals surface area (Å²) in [6, 6.07) is 5.45. The van der Waals surface area contributed by atoms with Gasteiger partial charge in [0.1, 0.15) is 17.5 Å². The van der Waals surface area contributed by atoms with E-state index in [-0.39, 0.29) is 35.6 Å². The first kappa shape index (κ1) is 18.7. The third kappa shape index (κ3) is 2.99. The van der Waals surface area contributed by atoms with Gasteiger partial charge >= 0.3 is 6.03 Å². The molecule has 0 aliphatic heterocycles. The Morgan fingerprint density at radius 2 is 1.79 bits per heavy atom. The number of hydrogen-bond acceptors (Lipinski definition) is 3. The summed E-state index contributed by atoms with van der Waals surface area (Å²) in [7, 11) is 0. The minimum Gasteiger partial charge on any atom is -0.371 e. The normalized spacial score (nSPS) is 24.3. The van der Waals surface area contributed by atoms with E-state index in [1.54, 1.807) is 12.3 Å². The first-order chi connectivity index (χ1) is 13.5. The Balaban J connectivity index is 1.40. The highest BCUT2D eigenvalue weighted by Crippen LogP contribution is 2.63. The molecule has 7 heteroatoms. The number of carbonyl (C=O) groups excluding carboxylic acids is 1. The van der Waals surface area contributed by atoms with E-state index in [0.29, 0.717) is 16.9 Å². The molecule has 4 rings (SSSR count). The Morgan fingerprint density at radius 3 is 2.39 bits per heavy atom. The van der Waals surface area contributed by atoms with Crippen LogP contribution in [0.4, 0.5) is 25.1 Å². The maximum absolute atomic E-state index is 14.2. The zero-order chi connectivity index (χ0) is 20.0. The number of carbonyl (C=O) groups is 1. The Kier molecular flexibility index (Phi) is 4.69. The summed E-state index contributed by atoms with van der Waals surface area (Å²) < 4.78 is 28.3. The second-order valence-electron chi connectivity index (χ2n) is 7.45. The molecule has 1 aromatic heterocycles. The van der Waals surface area contributed by atoms with Crippen LogP contribution in [0.5, 0.6) is 0 Å². The van der Waals surface area contributed by atoms with Gasteiger partial charge in [0.25, 0.3) is 0 Å². The summed E-state index contributed by atoms with van der Waals surface area (Å²) in [4.78, 5) is 18.8. The van der Waals surface area contributed by atoms with Gasteiger partial charge in [-0.2, -0.15) is 0 Å². The number of amides is 2. The maximum Gasteiger partial charge on any atom is 0.320 e. The van der Waals surface area contributed by atoms with Crippen molar-refractivity contribution in [2.75, 3.05) is 23.3 Å². The van der Waals surface area contributed by atoms with Crippen LogP contribution in [0.3, 0.4) is 0 Å². The Morgan fingerprint density at radius 1 is 1.11 bits per heavy atom. The maximum atomic E-state index is 14.2. The summed E-state index contributed by atoms with van der Waals surface area (Å²) >= 11 is 0. The van der Waals surface area contributed by atoms with Crippen LogP contribution in [0.25, 0.3) is 0 Å². The molecule has 2 amide bonds. The van der Waals surface area contributed by atoms with Crippen LogP contribution in [0.1, 0.15) is 43.7 Å². The molecule has 0 bridgehead atoms. The molecule has 1 saturated carbocycles. The molecule has 0 saturated heterocycles. The molecule has 28 heavy (non-hydrogen) atoms. The van der Waals surface area contributed by atoms with Gasteiger partial charge in [-0.25, -0.2) is 18.6 Å². The van der Waals surface area contributed by atoms with Crippen LogP contribution >= 0.6 is 0 Å². The second-order valence-corrected chi connectivity index (χ2v) is 7.45. The van der Waals surface area contributed by atoms with E-state index in [4.69, 9.17) is 0 Å². The fourth-order valence-corrected chi connectivity index (χ4v) is 4.63.